The number of halogens is 3. The molecule has 1 saturated heterocycles. The molecule has 0 aromatic heterocycles. The average Bonchev–Trinajstić information content (AvgIpc) is 2.30. The third-order valence-electron chi connectivity index (χ3n) is 1.89. The second-order valence-electron chi connectivity index (χ2n) is 2.71. The van der Waals surface area contributed by atoms with Crippen LogP contribution >= 0.6 is 0 Å². The minimum Gasteiger partial charge on any atom is -0.481 e. The van der Waals surface area contributed by atoms with Crippen molar-refractivity contribution in [1.82, 2.24) is 5.32 Å². The van der Waals surface area contributed by atoms with Gasteiger partial charge in [-0.3, -0.25) is 4.79 Å². The van der Waals surface area contributed by atoms with Crippen LogP contribution in [0.4, 0.5) is 13.2 Å². The Morgan fingerprint density at radius 3 is 2.42 bits per heavy atom. The zero-order valence-corrected chi connectivity index (χ0v) is 6.06. The van der Waals surface area contributed by atoms with E-state index in [1.165, 1.54) is 0 Å². The highest BCUT2D eigenvalue weighted by molar-refractivity contribution is 5.71. The van der Waals surface area contributed by atoms with E-state index in [1.54, 1.807) is 0 Å². The lowest BCUT2D eigenvalue weighted by atomic mass is 10.0. The van der Waals surface area contributed by atoms with Gasteiger partial charge in [0.15, 0.2) is 0 Å². The largest absolute Gasteiger partial charge is 0.481 e. The zero-order valence-electron chi connectivity index (χ0n) is 6.06. The van der Waals surface area contributed by atoms with Gasteiger partial charge in [-0.15, -0.1) is 0 Å². The Hall–Kier alpha value is -0.780. The fourth-order valence-corrected chi connectivity index (χ4v) is 1.31. The molecule has 2 N–H and O–H groups in total. The molecule has 0 amide bonds. The maximum absolute atomic E-state index is 12.0. The average molecular weight is 183 g/mol. The highest BCUT2D eigenvalue weighted by atomic mass is 19.4. The molecule has 1 rings (SSSR count). The van der Waals surface area contributed by atoms with Gasteiger partial charge in [-0.2, -0.15) is 13.2 Å². The summed E-state index contributed by atoms with van der Waals surface area (Å²) in [6.45, 7) is 0.112. The van der Waals surface area contributed by atoms with Gasteiger partial charge in [0.1, 0.15) is 6.04 Å². The maximum Gasteiger partial charge on any atom is 0.404 e. The topological polar surface area (TPSA) is 49.3 Å². The molecule has 0 aliphatic carbocycles. The molecule has 0 unspecified atom stereocenters. The molecule has 0 bridgehead atoms. The Kier molecular flexibility index (Phi) is 2.27. The van der Waals surface area contributed by atoms with Crippen LogP contribution in [0.25, 0.3) is 0 Å². The lowest BCUT2D eigenvalue weighted by molar-refractivity contribution is -0.173. The van der Waals surface area contributed by atoms with E-state index in [1.807, 2.05) is 0 Å². The first-order chi connectivity index (χ1) is 5.43. The van der Waals surface area contributed by atoms with Crippen molar-refractivity contribution in [3.8, 4) is 0 Å². The second kappa shape index (κ2) is 2.93. The first kappa shape index (κ1) is 9.31. The summed E-state index contributed by atoms with van der Waals surface area (Å²) < 4.78 is 36.1. The van der Waals surface area contributed by atoms with Crippen LogP contribution in [0.2, 0.25) is 0 Å². The van der Waals surface area contributed by atoms with Crippen molar-refractivity contribution in [3.05, 3.63) is 0 Å². The molecule has 0 aromatic rings. The minimum absolute atomic E-state index is 0.0412. The van der Waals surface area contributed by atoms with E-state index in [0.717, 1.165) is 0 Å². The summed E-state index contributed by atoms with van der Waals surface area (Å²) >= 11 is 0. The summed E-state index contributed by atoms with van der Waals surface area (Å²) in [7, 11) is 0. The quantitative estimate of drug-likeness (QED) is 0.626. The molecule has 0 aromatic carbocycles. The van der Waals surface area contributed by atoms with Crippen LogP contribution < -0.4 is 5.32 Å². The SMILES string of the molecule is O=C(O)[C@H]1CCN[C@@H]1C(F)(F)F. The number of hydrogen-bond donors (Lipinski definition) is 2. The second-order valence-corrected chi connectivity index (χ2v) is 2.71. The monoisotopic (exact) mass is 183 g/mol. The normalized spacial score (nSPS) is 30.6. The number of carbonyl (C=O) groups is 1. The van der Waals surface area contributed by atoms with Crippen LogP contribution in [0.3, 0.4) is 0 Å². The molecule has 12 heavy (non-hydrogen) atoms. The number of rotatable bonds is 1. The fourth-order valence-electron chi connectivity index (χ4n) is 1.31. The third kappa shape index (κ3) is 1.69. The summed E-state index contributed by atoms with van der Waals surface area (Å²) in [5, 5.41) is 10.5. The van der Waals surface area contributed by atoms with Gasteiger partial charge in [0.25, 0.3) is 0 Å². The van der Waals surface area contributed by atoms with Crippen LogP contribution in [-0.2, 0) is 4.79 Å². The molecule has 70 valence electrons. The van der Waals surface area contributed by atoms with E-state index < -0.39 is 24.1 Å². The van der Waals surface area contributed by atoms with E-state index in [9.17, 15) is 18.0 Å². The number of nitrogens with one attached hydrogen (secondary N) is 1. The van der Waals surface area contributed by atoms with Crippen molar-refractivity contribution >= 4 is 5.97 Å². The highest BCUT2D eigenvalue weighted by Gasteiger charge is 2.49. The molecule has 1 aliphatic heterocycles. The smallest absolute Gasteiger partial charge is 0.404 e. The lowest BCUT2D eigenvalue weighted by Gasteiger charge is -2.18. The van der Waals surface area contributed by atoms with Crippen LogP contribution in [0.1, 0.15) is 6.42 Å². The van der Waals surface area contributed by atoms with Gasteiger partial charge >= 0.3 is 12.1 Å². The van der Waals surface area contributed by atoms with Crippen molar-refractivity contribution in [2.45, 2.75) is 18.6 Å². The summed E-state index contributed by atoms with van der Waals surface area (Å²) in [5.74, 6) is -2.72. The molecular formula is C6H8F3NO2. The van der Waals surface area contributed by atoms with E-state index in [-0.39, 0.29) is 13.0 Å². The summed E-state index contributed by atoms with van der Waals surface area (Å²) in [6.07, 6.45) is -4.42. The van der Waals surface area contributed by atoms with Gasteiger partial charge in [-0.05, 0) is 13.0 Å². The van der Waals surface area contributed by atoms with E-state index in [2.05, 4.69) is 5.32 Å². The molecule has 2 atom stereocenters. The summed E-state index contributed by atoms with van der Waals surface area (Å²) in [6, 6.07) is -1.88. The maximum atomic E-state index is 12.0. The number of hydrogen-bond acceptors (Lipinski definition) is 2. The van der Waals surface area contributed by atoms with Gasteiger partial charge in [0, 0.05) is 0 Å². The molecule has 6 heteroatoms. The summed E-state index contributed by atoms with van der Waals surface area (Å²) in [5.41, 5.74) is 0. The summed E-state index contributed by atoms with van der Waals surface area (Å²) in [4.78, 5) is 10.3. The molecule has 3 nitrogen and oxygen atoms in total. The highest BCUT2D eigenvalue weighted by Crippen LogP contribution is 2.30. The Bertz CT molecular complexity index is 192. The molecule has 1 fully saturated rings. The van der Waals surface area contributed by atoms with Crippen LogP contribution in [0.5, 0.6) is 0 Å². The van der Waals surface area contributed by atoms with Gasteiger partial charge < -0.3 is 10.4 Å². The lowest BCUT2D eigenvalue weighted by Crippen LogP contribution is -2.44. The van der Waals surface area contributed by atoms with E-state index >= 15 is 0 Å². The molecule has 0 saturated carbocycles. The van der Waals surface area contributed by atoms with E-state index in [0.29, 0.717) is 0 Å². The van der Waals surface area contributed by atoms with Crippen LogP contribution in [-0.4, -0.2) is 29.8 Å². The molecule has 0 spiro atoms. The molecule has 0 radical (unpaired) electrons. The van der Waals surface area contributed by atoms with Gasteiger partial charge in [0.2, 0.25) is 0 Å². The Balaban J connectivity index is 2.71. The molecule has 1 heterocycles. The van der Waals surface area contributed by atoms with Crippen molar-refractivity contribution in [2.75, 3.05) is 6.54 Å². The van der Waals surface area contributed by atoms with Crippen LogP contribution in [0, 0.1) is 5.92 Å². The first-order valence-electron chi connectivity index (χ1n) is 3.46. The van der Waals surface area contributed by atoms with Gasteiger partial charge in [-0.25, -0.2) is 0 Å². The van der Waals surface area contributed by atoms with Crippen molar-refractivity contribution in [3.63, 3.8) is 0 Å². The Labute approximate surface area is 66.6 Å². The van der Waals surface area contributed by atoms with Crippen molar-refractivity contribution < 1.29 is 23.1 Å². The number of aliphatic carboxylic acids is 1. The number of alkyl halides is 3. The van der Waals surface area contributed by atoms with Crippen molar-refractivity contribution in [1.29, 1.82) is 0 Å². The van der Waals surface area contributed by atoms with E-state index in [4.69, 9.17) is 5.11 Å². The van der Waals surface area contributed by atoms with Crippen molar-refractivity contribution in [2.24, 2.45) is 5.92 Å². The predicted octanol–water partition coefficient (Wildman–Crippen LogP) is 0.611. The molecular weight excluding hydrogens is 175 g/mol. The van der Waals surface area contributed by atoms with Gasteiger partial charge in [0.05, 0.1) is 5.92 Å². The number of carboxylic acids is 1. The van der Waals surface area contributed by atoms with Crippen LogP contribution in [0.15, 0.2) is 0 Å². The fraction of sp³-hybridized carbons (Fsp3) is 0.833. The zero-order chi connectivity index (χ0) is 9.35. The third-order valence-corrected chi connectivity index (χ3v) is 1.89. The number of carboxylic acid groups (broad SMARTS) is 1. The first-order valence-corrected chi connectivity index (χ1v) is 3.46. The predicted molar refractivity (Wildman–Crippen MR) is 33.6 cm³/mol. The molecule has 1 aliphatic rings. The minimum atomic E-state index is -4.46. The Morgan fingerprint density at radius 2 is 2.08 bits per heavy atom. The standard InChI is InChI=1S/C6H8F3NO2/c7-6(8,9)4-3(5(11)12)1-2-10-4/h3-4,10H,1-2H2,(H,11,12)/t3-,4-/m0/s1. The van der Waals surface area contributed by atoms with Gasteiger partial charge in [-0.1, -0.05) is 0 Å². The Morgan fingerprint density at radius 1 is 1.50 bits per heavy atom.